The Kier molecular flexibility index (Phi) is 9.09. The molecular weight excluding hydrogens is 582 g/mol. The van der Waals surface area contributed by atoms with Gasteiger partial charge < -0.3 is 20.1 Å². The van der Waals surface area contributed by atoms with Gasteiger partial charge in [-0.3, -0.25) is 9.59 Å². The number of anilines is 2. The summed E-state index contributed by atoms with van der Waals surface area (Å²) in [5.41, 5.74) is 5.88. The summed E-state index contributed by atoms with van der Waals surface area (Å²) in [7, 11) is 6.11. The number of Topliss-reactive ketones (excluding diaryl/α,β-unsaturated/α-hetero) is 1. The summed E-state index contributed by atoms with van der Waals surface area (Å²) in [5, 5.41) is 9.18. The molecule has 0 spiro atoms. The monoisotopic (exact) mass is 629 g/mol. The van der Waals surface area contributed by atoms with Crippen molar-refractivity contribution >= 4 is 45.0 Å². The lowest BCUT2D eigenvalue weighted by atomic mass is 9.85. The minimum absolute atomic E-state index is 0.00261. The van der Waals surface area contributed by atoms with Gasteiger partial charge in [0.15, 0.2) is 5.78 Å². The van der Waals surface area contributed by atoms with Crippen LogP contribution in [0.5, 0.6) is 0 Å². The lowest BCUT2D eigenvalue weighted by molar-refractivity contribution is -0.123. The van der Waals surface area contributed by atoms with E-state index in [1.54, 1.807) is 0 Å². The first-order valence-corrected chi connectivity index (χ1v) is 16.8. The van der Waals surface area contributed by atoms with Crippen molar-refractivity contribution in [2.45, 2.75) is 76.3 Å². The first-order chi connectivity index (χ1) is 22.5. The molecule has 1 amide bonds. The third-order valence-corrected chi connectivity index (χ3v) is 9.68. The van der Waals surface area contributed by atoms with Crippen molar-refractivity contribution in [1.82, 2.24) is 14.9 Å². The third-order valence-electron chi connectivity index (χ3n) is 9.68. The van der Waals surface area contributed by atoms with E-state index in [2.05, 4.69) is 74.7 Å². The van der Waals surface area contributed by atoms with Crippen molar-refractivity contribution in [3.05, 3.63) is 102 Å². The summed E-state index contributed by atoms with van der Waals surface area (Å²) >= 11 is 0. The van der Waals surface area contributed by atoms with Gasteiger partial charge in [-0.15, -0.1) is 0 Å². The molecule has 1 atom stereocenters. The van der Waals surface area contributed by atoms with Gasteiger partial charge in [0.05, 0.1) is 11.4 Å². The van der Waals surface area contributed by atoms with E-state index in [9.17, 15) is 9.59 Å². The van der Waals surface area contributed by atoms with Gasteiger partial charge in [-0.25, -0.2) is 4.98 Å². The number of fused-ring (bicyclic) bond motifs is 2. The van der Waals surface area contributed by atoms with Crippen molar-refractivity contribution < 1.29 is 9.59 Å². The van der Waals surface area contributed by atoms with Crippen LogP contribution in [0.15, 0.2) is 85.1 Å². The normalized spacial score (nSPS) is 17.4. The van der Waals surface area contributed by atoms with Crippen LogP contribution < -0.4 is 15.5 Å². The van der Waals surface area contributed by atoms with E-state index >= 15 is 0 Å². The number of carbonyl (C=O) groups excluding carboxylic acids is 2. The Balaban J connectivity index is 1.16. The number of para-hydroxylation sites is 2. The Bertz CT molecular complexity index is 1890. The van der Waals surface area contributed by atoms with Crippen LogP contribution in [0.1, 0.15) is 80.3 Å². The van der Waals surface area contributed by atoms with Crippen molar-refractivity contribution in [1.29, 1.82) is 0 Å². The Morgan fingerprint density at radius 1 is 0.894 bits per heavy atom. The van der Waals surface area contributed by atoms with Gasteiger partial charge in [0, 0.05) is 79.5 Å². The van der Waals surface area contributed by atoms with E-state index in [4.69, 9.17) is 4.98 Å². The molecule has 2 heterocycles. The average Bonchev–Trinajstić information content (AvgIpc) is 3.39. The first-order valence-electron chi connectivity index (χ1n) is 16.8. The van der Waals surface area contributed by atoms with Gasteiger partial charge in [-0.05, 0) is 54.4 Å². The minimum Gasteiger partial charge on any atom is -0.377 e. The van der Waals surface area contributed by atoms with Gasteiger partial charge >= 0.3 is 0 Å². The van der Waals surface area contributed by atoms with Crippen molar-refractivity contribution in [3.63, 3.8) is 0 Å². The Morgan fingerprint density at radius 2 is 1.53 bits per heavy atom. The summed E-state index contributed by atoms with van der Waals surface area (Å²) in [5.74, 6) is 0.193. The summed E-state index contributed by atoms with van der Waals surface area (Å²) in [6, 6.07) is 26.7. The molecule has 1 unspecified atom stereocenters. The molecule has 1 aliphatic carbocycles. The highest BCUT2D eigenvalue weighted by Crippen LogP contribution is 2.33. The molecule has 3 aromatic carbocycles. The number of aryl methyl sites for hydroxylation is 1. The van der Waals surface area contributed by atoms with Crippen molar-refractivity contribution in [3.8, 4) is 0 Å². The number of ketones is 1. The van der Waals surface area contributed by atoms with Gasteiger partial charge in [0.25, 0.3) is 0 Å². The van der Waals surface area contributed by atoms with Crippen LogP contribution in [0.2, 0.25) is 0 Å². The molecule has 5 aromatic rings. The number of carbonyl (C=O) groups is 2. The van der Waals surface area contributed by atoms with Crippen LogP contribution in [0.3, 0.4) is 0 Å². The summed E-state index contributed by atoms with van der Waals surface area (Å²) in [4.78, 5) is 34.8. The second-order valence-electron chi connectivity index (χ2n) is 14.4. The quantitative estimate of drug-likeness (QED) is 0.162. The Hall–Kier alpha value is -4.65. The predicted molar refractivity (Wildman–Crippen MR) is 194 cm³/mol. The average molecular weight is 630 g/mol. The second kappa shape index (κ2) is 13.2. The number of nitrogens with zero attached hydrogens (tertiary/aromatic N) is 3. The molecule has 1 saturated carbocycles. The van der Waals surface area contributed by atoms with Crippen molar-refractivity contribution in [2.75, 3.05) is 24.3 Å². The molecule has 0 radical (unpaired) electrons. The van der Waals surface area contributed by atoms with Crippen LogP contribution in [0.4, 0.5) is 11.5 Å². The lowest BCUT2D eigenvalue weighted by Gasteiger charge is -2.31. The fourth-order valence-corrected chi connectivity index (χ4v) is 6.95. The Labute approximate surface area is 278 Å². The lowest BCUT2D eigenvalue weighted by Crippen LogP contribution is -2.42. The number of hydrogen-bond acceptors (Lipinski definition) is 5. The van der Waals surface area contributed by atoms with E-state index in [-0.39, 0.29) is 35.6 Å². The van der Waals surface area contributed by atoms with Crippen LogP contribution in [0, 0.1) is 0 Å². The number of nitrogens with one attached hydrogen (secondary N) is 2. The molecule has 1 fully saturated rings. The maximum absolute atomic E-state index is 14.1. The molecule has 0 saturated heterocycles. The number of rotatable bonds is 9. The molecule has 1 aliphatic rings. The highest BCUT2D eigenvalue weighted by Gasteiger charge is 2.31. The molecular formula is C40H47N5O2. The smallest absolute Gasteiger partial charge is 0.228 e. The molecule has 2 N–H and O–H groups in total. The fourth-order valence-electron chi connectivity index (χ4n) is 6.95. The highest BCUT2D eigenvalue weighted by molar-refractivity contribution is 6.02. The number of amides is 1. The minimum atomic E-state index is -0.585. The zero-order valence-electron chi connectivity index (χ0n) is 28.5. The fraction of sp³-hybridized carbons (Fsp3) is 0.375. The van der Waals surface area contributed by atoms with Crippen LogP contribution >= 0.6 is 0 Å². The summed E-state index contributed by atoms with van der Waals surface area (Å²) < 4.78 is 2.05. The van der Waals surface area contributed by atoms with Gasteiger partial charge in [-0.2, -0.15) is 0 Å². The van der Waals surface area contributed by atoms with E-state index in [0.29, 0.717) is 5.56 Å². The molecule has 0 bridgehead atoms. The molecule has 7 heteroatoms. The molecule has 244 valence electrons. The predicted octanol–water partition coefficient (Wildman–Crippen LogP) is 7.99. The standard InChI is InChI=1S/C40H47N5O2/c1-40(2,3)27-17-15-26(16-18-27)37(46)23-32(33-25-45(6)35-14-10-8-11-30(33)35)39(47)42-29-21-19-28(20-22-29)41-38-24-36(44(4)5)31-12-7-9-13-34(31)43-38/h7-18,24-25,28-29,32H,19-23H2,1-6H3,(H,41,43)(H,42,47). The van der Waals surface area contributed by atoms with Crippen molar-refractivity contribution in [2.24, 2.45) is 7.05 Å². The van der Waals surface area contributed by atoms with Gasteiger partial charge in [0.2, 0.25) is 5.91 Å². The van der Waals surface area contributed by atoms with E-state index in [1.165, 1.54) is 5.56 Å². The highest BCUT2D eigenvalue weighted by atomic mass is 16.2. The van der Waals surface area contributed by atoms with E-state index in [1.807, 2.05) is 72.4 Å². The number of hydrogen-bond donors (Lipinski definition) is 2. The number of aromatic nitrogens is 2. The molecule has 7 nitrogen and oxygen atoms in total. The third kappa shape index (κ3) is 7.04. The summed E-state index contributed by atoms with van der Waals surface area (Å²) in [6.07, 6.45) is 5.71. The molecule has 47 heavy (non-hydrogen) atoms. The zero-order valence-corrected chi connectivity index (χ0v) is 28.5. The topological polar surface area (TPSA) is 79.3 Å². The first kappa shape index (κ1) is 32.3. The van der Waals surface area contributed by atoms with Gasteiger partial charge in [0.1, 0.15) is 5.82 Å². The largest absolute Gasteiger partial charge is 0.377 e. The van der Waals surface area contributed by atoms with Gasteiger partial charge in [-0.1, -0.05) is 81.4 Å². The maximum atomic E-state index is 14.1. The summed E-state index contributed by atoms with van der Waals surface area (Å²) in [6.45, 7) is 6.49. The molecule has 0 aliphatic heterocycles. The number of benzene rings is 3. The van der Waals surface area contributed by atoms with E-state index in [0.717, 1.165) is 64.6 Å². The van der Waals surface area contributed by atoms with Crippen LogP contribution in [-0.4, -0.2) is 47.4 Å². The Morgan fingerprint density at radius 3 is 2.21 bits per heavy atom. The molecule has 2 aromatic heterocycles. The SMILES string of the molecule is CN(C)c1cc(NC2CCC(NC(=O)C(CC(=O)c3ccc(C(C)(C)C)cc3)c3cn(C)c4ccccc34)CC2)nc2ccccc12. The van der Waals surface area contributed by atoms with E-state index < -0.39 is 5.92 Å². The van der Waals surface area contributed by atoms with Crippen LogP contribution in [-0.2, 0) is 17.3 Å². The second-order valence-corrected chi connectivity index (χ2v) is 14.4. The number of pyridine rings is 1. The maximum Gasteiger partial charge on any atom is 0.228 e. The van der Waals surface area contributed by atoms with Crippen LogP contribution in [0.25, 0.3) is 21.8 Å². The molecule has 6 rings (SSSR count). The zero-order chi connectivity index (χ0) is 33.3.